The summed E-state index contributed by atoms with van der Waals surface area (Å²) in [6.07, 6.45) is 1.08. The number of rotatable bonds is 9. The van der Waals surface area contributed by atoms with Gasteiger partial charge in [-0.25, -0.2) is 4.39 Å². The fourth-order valence-electron chi connectivity index (χ4n) is 2.18. The summed E-state index contributed by atoms with van der Waals surface area (Å²) >= 11 is 3.50. The van der Waals surface area contributed by atoms with Crippen LogP contribution in [0.15, 0.2) is 46.9 Å². The first kappa shape index (κ1) is 17.9. The zero-order chi connectivity index (χ0) is 16.5. The van der Waals surface area contributed by atoms with Crippen molar-refractivity contribution in [2.24, 2.45) is 0 Å². The first-order chi connectivity index (χ1) is 11.2. The molecular weight excluding hydrogens is 359 g/mol. The molecule has 0 aliphatic carbocycles. The lowest BCUT2D eigenvalue weighted by atomic mass is 10.2. The van der Waals surface area contributed by atoms with Crippen LogP contribution < -0.4 is 15.4 Å². The highest BCUT2D eigenvalue weighted by molar-refractivity contribution is 9.10. The molecule has 0 heterocycles. The molecule has 3 nitrogen and oxygen atoms in total. The van der Waals surface area contributed by atoms with Gasteiger partial charge in [-0.1, -0.05) is 28.1 Å². The zero-order valence-corrected chi connectivity index (χ0v) is 14.8. The second-order valence-corrected chi connectivity index (χ2v) is 6.22. The normalized spacial score (nSPS) is 10.7. The molecule has 0 atom stereocenters. The minimum atomic E-state index is -0.233. The van der Waals surface area contributed by atoms with E-state index < -0.39 is 0 Å². The monoisotopic (exact) mass is 380 g/mol. The van der Waals surface area contributed by atoms with Crippen LogP contribution in [0.3, 0.4) is 0 Å². The largest absolute Gasteiger partial charge is 0.489 e. The van der Waals surface area contributed by atoms with Gasteiger partial charge in [-0.05, 0) is 62.5 Å². The van der Waals surface area contributed by atoms with Crippen molar-refractivity contribution in [1.82, 2.24) is 10.6 Å². The van der Waals surface area contributed by atoms with Crippen LogP contribution >= 0.6 is 15.9 Å². The van der Waals surface area contributed by atoms with Crippen LogP contribution in [0.4, 0.5) is 4.39 Å². The van der Waals surface area contributed by atoms with Gasteiger partial charge in [-0.3, -0.25) is 0 Å². The van der Waals surface area contributed by atoms with Crippen LogP contribution in [-0.2, 0) is 13.2 Å². The van der Waals surface area contributed by atoms with E-state index in [1.54, 1.807) is 12.1 Å². The third kappa shape index (κ3) is 6.29. The molecule has 0 fully saturated rings. The van der Waals surface area contributed by atoms with Gasteiger partial charge in [-0.15, -0.1) is 0 Å². The van der Waals surface area contributed by atoms with Crippen molar-refractivity contribution in [3.05, 3.63) is 63.9 Å². The molecule has 0 amide bonds. The summed E-state index contributed by atoms with van der Waals surface area (Å²) in [5, 5.41) is 6.55. The lowest BCUT2D eigenvalue weighted by Crippen LogP contribution is -2.19. The van der Waals surface area contributed by atoms with Gasteiger partial charge in [0.25, 0.3) is 0 Å². The lowest BCUT2D eigenvalue weighted by Gasteiger charge is -2.13. The van der Waals surface area contributed by atoms with Gasteiger partial charge in [0.05, 0.1) is 0 Å². The van der Waals surface area contributed by atoms with E-state index in [-0.39, 0.29) is 5.82 Å². The van der Waals surface area contributed by atoms with Crippen LogP contribution in [-0.4, -0.2) is 20.1 Å². The molecule has 0 unspecified atom stereocenters. The predicted molar refractivity (Wildman–Crippen MR) is 95.1 cm³/mol. The Kier molecular flexibility index (Phi) is 7.52. The van der Waals surface area contributed by atoms with Crippen LogP contribution in [0, 0.1) is 5.82 Å². The Balaban J connectivity index is 1.93. The number of hydrogen-bond donors (Lipinski definition) is 2. The summed E-state index contributed by atoms with van der Waals surface area (Å²) in [5.41, 5.74) is 2.05. The van der Waals surface area contributed by atoms with E-state index in [1.165, 1.54) is 12.1 Å². The van der Waals surface area contributed by atoms with Crippen LogP contribution in [0.1, 0.15) is 17.5 Å². The SMILES string of the molecule is CNCCCNCc1cc(Br)ccc1OCc1ccc(F)cc1. The molecule has 2 rings (SSSR count). The number of hydrogen-bond acceptors (Lipinski definition) is 3. The van der Waals surface area contributed by atoms with Crippen molar-refractivity contribution >= 4 is 15.9 Å². The molecule has 2 aromatic carbocycles. The highest BCUT2D eigenvalue weighted by atomic mass is 79.9. The second-order valence-electron chi connectivity index (χ2n) is 5.30. The van der Waals surface area contributed by atoms with Gasteiger partial charge >= 0.3 is 0 Å². The Morgan fingerprint density at radius 1 is 1.09 bits per heavy atom. The van der Waals surface area contributed by atoms with Crippen LogP contribution in [0.25, 0.3) is 0 Å². The highest BCUT2D eigenvalue weighted by Gasteiger charge is 2.05. The third-order valence-corrected chi connectivity index (χ3v) is 3.92. The molecule has 0 aliphatic rings. The molecule has 0 bridgehead atoms. The van der Waals surface area contributed by atoms with Crippen molar-refractivity contribution in [3.63, 3.8) is 0 Å². The minimum Gasteiger partial charge on any atom is -0.489 e. The predicted octanol–water partition coefficient (Wildman–Crippen LogP) is 3.87. The number of benzene rings is 2. The summed E-state index contributed by atoms with van der Waals surface area (Å²) in [6, 6.07) is 12.4. The summed E-state index contributed by atoms with van der Waals surface area (Å²) in [5.74, 6) is 0.613. The van der Waals surface area contributed by atoms with Gasteiger partial charge in [0.2, 0.25) is 0 Å². The molecule has 0 saturated carbocycles. The van der Waals surface area contributed by atoms with Gasteiger partial charge < -0.3 is 15.4 Å². The maximum absolute atomic E-state index is 12.9. The molecule has 124 valence electrons. The maximum atomic E-state index is 12.9. The number of nitrogens with one attached hydrogen (secondary N) is 2. The van der Waals surface area contributed by atoms with Crippen molar-refractivity contribution in [2.45, 2.75) is 19.6 Å². The summed E-state index contributed by atoms with van der Waals surface area (Å²) in [4.78, 5) is 0. The van der Waals surface area contributed by atoms with Crippen LogP contribution in [0.5, 0.6) is 5.75 Å². The van der Waals surface area contributed by atoms with Crippen molar-refractivity contribution in [1.29, 1.82) is 0 Å². The Labute approximate surface area is 145 Å². The zero-order valence-electron chi connectivity index (χ0n) is 13.2. The Bertz CT molecular complexity index is 604. The van der Waals surface area contributed by atoms with Gasteiger partial charge in [0.1, 0.15) is 18.2 Å². The Morgan fingerprint density at radius 2 is 1.87 bits per heavy atom. The maximum Gasteiger partial charge on any atom is 0.124 e. The van der Waals surface area contributed by atoms with E-state index in [9.17, 15) is 4.39 Å². The number of halogens is 2. The van der Waals surface area contributed by atoms with Gasteiger partial charge in [0.15, 0.2) is 0 Å². The van der Waals surface area contributed by atoms with E-state index in [4.69, 9.17) is 4.74 Å². The van der Waals surface area contributed by atoms with Gasteiger partial charge in [-0.2, -0.15) is 0 Å². The standard InChI is InChI=1S/C18H22BrFN2O/c1-21-9-2-10-22-12-15-11-16(19)5-8-18(15)23-13-14-3-6-17(20)7-4-14/h3-8,11,21-22H,2,9-10,12-13H2,1H3. The molecule has 0 spiro atoms. The van der Waals surface area contributed by atoms with Crippen molar-refractivity contribution in [3.8, 4) is 5.75 Å². The first-order valence-electron chi connectivity index (χ1n) is 7.70. The fraction of sp³-hybridized carbons (Fsp3) is 0.333. The van der Waals surface area contributed by atoms with Gasteiger partial charge in [0, 0.05) is 16.6 Å². The first-order valence-corrected chi connectivity index (χ1v) is 8.49. The fourth-order valence-corrected chi connectivity index (χ4v) is 2.59. The molecule has 0 aliphatic heterocycles. The van der Waals surface area contributed by atoms with Crippen LogP contribution in [0.2, 0.25) is 0 Å². The average molecular weight is 381 g/mol. The summed E-state index contributed by atoms with van der Waals surface area (Å²) < 4.78 is 19.9. The molecule has 2 aromatic rings. The minimum absolute atomic E-state index is 0.233. The van der Waals surface area contributed by atoms with E-state index in [0.29, 0.717) is 6.61 Å². The highest BCUT2D eigenvalue weighted by Crippen LogP contribution is 2.24. The summed E-state index contributed by atoms with van der Waals surface area (Å²) in [6.45, 7) is 3.13. The molecule has 0 radical (unpaired) electrons. The number of ether oxygens (including phenoxy) is 1. The topological polar surface area (TPSA) is 33.3 Å². The van der Waals surface area contributed by atoms with Crippen molar-refractivity contribution in [2.75, 3.05) is 20.1 Å². The smallest absolute Gasteiger partial charge is 0.124 e. The van der Waals surface area contributed by atoms with E-state index in [0.717, 1.165) is 47.4 Å². The quantitative estimate of drug-likeness (QED) is 0.647. The molecule has 5 heteroatoms. The molecule has 0 saturated heterocycles. The van der Waals surface area contributed by atoms with Crippen molar-refractivity contribution < 1.29 is 9.13 Å². The summed E-state index contributed by atoms with van der Waals surface area (Å²) in [7, 11) is 1.95. The van der Waals surface area contributed by atoms with E-state index in [2.05, 4.69) is 32.6 Å². The second kappa shape index (κ2) is 9.65. The Hall–Kier alpha value is -1.43. The third-order valence-electron chi connectivity index (χ3n) is 3.43. The molecular formula is C18H22BrFN2O. The van der Waals surface area contributed by atoms with E-state index in [1.807, 2.05) is 19.2 Å². The molecule has 0 aromatic heterocycles. The Morgan fingerprint density at radius 3 is 2.61 bits per heavy atom. The molecule has 23 heavy (non-hydrogen) atoms. The van der Waals surface area contributed by atoms with E-state index >= 15 is 0 Å². The molecule has 2 N–H and O–H groups in total. The average Bonchev–Trinajstić information content (AvgIpc) is 2.55. The lowest BCUT2D eigenvalue weighted by molar-refractivity contribution is 0.302.